The van der Waals surface area contributed by atoms with Gasteiger partial charge in [0.05, 0.1) is 47.7 Å². The molecule has 192 valence electrons. The van der Waals surface area contributed by atoms with Gasteiger partial charge in [-0.05, 0) is 42.8 Å². The maximum atomic E-state index is 13.4. The fraction of sp³-hybridized carbons (Fsp3) is 0.455. The molecule has 0 saturated heterocycles. The number of anilines is 1. The Morgan fingerprint density at radius 3 is 3.03 bits per heavy atom. The van der Waals surface area contributed by atoms with E-state index in [1.165, 1.54) is 23.9 Å². The lowest BCUT2D eigenvalue weighted by atomic mass is 10.1. The van der Waals surface area contributed by atoms with Crippen LogP contribution in [0.1, 0.15) is 51.1 Å². The van der Waals surface area contributed by atoms with Gasteiger partial charge in [-0.25, -0.2) is 15.1 Å². The van der Waals surface area contributed by atoms with E-state index in [4.69, 9.17) is 9.88 Å². The summed E-state index contributed by atoms with van der Waals surface area (Å²) in [5.41, 5.74) is 3.06. The van der Waals surface area contributed by atoms with Crippen molar-refractivity contribution in [3.05, 3.63) is 57.4 Å². The summed E-state index contributed by atoms with van der Waals surface area (Å²) in [4.78, 5) is 22.2. The zero-order valence-corrected chi connectivity index (χ0v) is 21.0. The highest BCUT2D eigenvalue weighted by atomic mass is 32.2. The molecule has 5 rings (SSSR count). The fourth-order valence-corrected chi connectivity index (χ4v) is 5.93. The van der Waals surface area contributed by atoms with Crippen molar-refractivity contribution in [3.63, 3.8) is 0 Å². The number of aliphatic hydroxyl groups excluding tert-OH is 1. The average molecular weight is 535 g/mol. The number of ether oxygens (including phenoxy) is 1. The lowest BCUT2D eigenvalue weighted by molar-refractivity contribution is 0.0424. The first-order chi connectivity index (χ1) is 17.2. The Hall–Kier alpha value is -2.75. The first kappa shape index (κ1) is 24.9. The van der Waals surface area contributed by atoms with E-state index in [1.54, 1.807) is 0 Å². The van der Waals surface area contributed by atoms with Gasteiger partial charge in [0.15, 0.2) is 0 Å². The van der Waals surface area contributed by atoms with Gasteiger partial charge in [-0.1, -0.05) is 0 Å². The first-order valence-electron chi connectivity index (χ1n) is 11.4. The van der Waals surface area contributed by atoms with E-state index in [1.807, 2.05) is 29.1 Å². The third kappa shape index (κ3) is 5.33. The number of aliphatic hydroxyl groups is 1. The third-order valence-corrected chi connectivity index (χ3v) is 7.75. The Bertz CT molecular complexity index is 1370. The van der Waals surface area contributed by atoms with Crippen LogP contribution in [0.4, 0.5) is 5.82 Å². The molecule has 2 aliphatic rings. The zero-order chi connectivity index (χ0) is 25.4. The second kappa shape index (κ2) is 9.95. The number of rotatable bonds is 8. The van der Waals surface area contributed by atoms with E-state index >= 15 is 0 Å². The third-order valence-electron chi connectivity index (χ3n) is 6.34. The number of hydrogen-bond donors (Lipinski definition) is 3. The minimum Gasteiger partial charge on any atom is -0.393 e. The molecule has 1 saturated carbocycles. The van der Waals surface area contributed by atoms with Crippen molar-refractivity contribution in [3.8, 4) is 0 Å². The summed E-state index contributed by atoms with van der Waals surface area (Å²) in [7, 11) is -4.09. The molecule has 1 aliphatic carbocycles. The Morgan fingerprint density at radius 2 is 2.22 bits per heavy atom. The highest BCUT2D eigenvalue weighted by Crippen LogP contribution is 2.34. The van der Waals surface area contributed by atoms with E-state index < -0.39 is 22.3 Å². The number of carbonyl (C=O) groups excluding carboxylic acids is 1. The van der Waals surface area contributed by atoms with Crippen molar-refractivity contribution in [2.45, 2.75) is 44.6 Å². The molecule has 1 fully saturated rings. The highest BCUT2D eigenvalue weighted by molar-refractivity contribution is 7.84. The number of nitrogens with one attached hydrogen (secondary N) is 1. The smallest absolute Gasteiger partial charge is 0.333 e. The lowest BCUT2D eigenvalue weighted by Gasteiger charge is -2.23. The minimum absolute atomic E-state index is 0.215. The van der Waals surface area contributed by atoms with E-state index in [0.717, 1.165) is 17.0 Å². The van der Waals surface area contributed by atoms with Crippen LogP contribution in [0.2, 0.25) is 0 Å². The van der Waals surface area contributed by atoms with Crippen LogP contribution in [0.3, 0.4) is 0 Å². The van der Waals surface area contributed by atoms with Crippen LogP contribution in [-0.2, 0) is 25.8 Å². The molecule has 0 amide bonds. The van der Waals surface area contributed by atoms with Crippen molar-refractivity contribution in [2.24, 2.45) is 11.1 Å². The topological polar surface area (TPSA) is 172 Å². The molecule has 14 heteroatoms. The zero-order valence-electron chi connectivity index (χ0n) is 19.4. The van der Waals surface area contributed by atoms with Crippen LogP contribution < -0.4 is 10.5 Å². The van der Waals surface area contributed by atoms with Gasteiger partial charge in [-0.3, -0.25) is 13.7 Å². The van der Waals surface area contributed by atoms with Crippen molar-refractivity contribution < 1.29 is 27.2 Å². The molecular formula is C22H26N6O6S2. The Morgan fingerprint density at radius 1 is 1.39 bits per heavy atom. The highest BCUT2D eigenvalue weighted by Gasteiger charge is 2.35. The van der Waals surface area contributed by atoms with Gasteiger partial charge in [-0.2, -0.15) is 13.5 Å². The van der Waals surface area contributed by atoms with Gasteiger partial charge in [0.1, 0.15) is 18.2 Å². The van der Waals surface area contributed by atoms with Gasteiger partial charge < -0.3 is 15.2 Å². The SMILES string of the molecule is Cc1cc2n(n1)CCO[C@H]2c1csc(C(=O)c2cncnc2N[C@@H]2C[C@H](COS(N)(=O)=O)[C@@H](O)C2)c1. The number of fused-ring (bicyclic) bond motifs is 1. The molecule has 4 atom stereocenters. The molecule has 36 heavy (non-hydrogen) atoms. The van der Waals surface area contributed by atoms with Gasteiger partial charge in [-0.15, -0.1) is 11.3 Å². The molecule has 0 unspecified atom stereocenters. The average Bonchev–Trinajstić information content (AvgIpc) is 3.54. The Kier molecular flexibility index (Phi) is 6.89. The molecule has 0 radical (unpaired) electrons. The molecular weight excluding hydrogens is 508 g/mol. The van der Waals surface area contributed by atoms with E-state index in [9.17, 15) is 18.3 Å². The number of nitrogens with two attached hydrogens (primary N) is 1. The Labute approximate surface area is 211 Å². The van der Waals surface area contributed by atoms with E-state index in [2.05, 4.69) is 24.6 Å². The molecule has 4 N–H and O–H groups in total. The van der Waals surface area contributed by atoms with Crippen molar-refractivity contribution in [1.82, 2.24) is 19.7 Å². The van der Waals surface area contributed by atoms with Crippen molar-refractivity contribution >= 4 is 33.2 Å². The lowest BCUT2D eigenvalue weighted by Crippen LogP contribution is -2.24. The maximum Gasteiger partial charge on any atom is 0.333 e. The van der Waals surface area contributed by atoms with Crippen LogP contribution in [-0.4, -0.2) is 64.4 Å². The van der Waals surface area contributed by atoms with Gasteiger partial charge in [0, 0.05) is 18.2 Å². The largest absolute Gasteiger partial charge is 0.393 e. The van der Waals surface area contributed by atoms with Gasteiger partial charge in [0.2, 0.25) is 5.78 Å². The van der Waals surface area contributed by atoms with E-state index in [0.29, 0.717) is 42.3 Å². The fourth-order valence-electron chi connectivity index (χ4n) is 4.69. The number of thiophene rings is 1. The summed E-state index contributed by atoms with van der Waals surface area (Å²) < 4.78 is 34.7. The van der Waals surface area contributed by atoms with Gasteiger partial charge in [0.25, 0.3) is 0 Å². The summed E-state index contributed by atoms with van der Waals surface area (Å²) in [5.74, 6) is -0.311. The number of nitrogens with zero attached hydrogens (tertiary/aromatic N) is 4. The predicted molar refractivity (Wildman–Crippen MR) is 130 cm³/mol. The minimum atomic E-state index is -4.09. The number of hydrogen-bond acceptors (Lipinski definition) is 11. The summed E-state index contributed by atoms with van der Waals surface area (Å²) in [6, 6.07) is 3.58. The quantitative estimate of drug-likeness (QED) is 0.356. The molecule has 1 aliphatic heterocycles. The monoisotopic (exact) mass is 534 g/mol. The normalized spacial score (nSPS) is 24.0. The maximum absolute atomic E-state index is 13.4. The number of ketones is 1. The van der Waals surface area contributed by atoms with Crippen LogP contribution in [0, 0.1) is 12.8 Å². The van der Waals surface area contributed by atoms with Crippen LogP contribution >= 0.6 is 11.3 Å². The second-order valence-corrected chi connectivity index (χ2v) is 11.1. The van der Waals surface area contributed by atoms with Crippen LogP contribution in [0.5, 0.6) is 0 Å². The number of carbonyl (C=O) groups is 1. The van der Waals surface area contributed by atoms with Crippen molar-refractivity contribution in [1.29, 1.82) is 0 Å². The molecule has 3 aromatic heterocycles. The number of aromatic nitrogens is 4. The molecule has 3 aromatic rings. The summed E-state index contributed by atoms with van der Waals surface area (Å²) in [5, 5.41) is 24.8. The summed E-state index contributed by atoms with van der Waals surface area (Å²) >= 11 is 1.32. The molecule has 4 heterocycles. The molecule has 0 spiro atoms. The number of aryl methyl sites for hydroxylation is 1. The van der Waals surface area contributed by atoms with Gasteiger partial charge >= 0.3 is 10.3 Å². The Balaban J connectivity index is 1.31. The first-order valence-corrected chi connectivity index (χ1v) is 13.7. The summed E-state index contributed by atoms with van der Waals surface area (Å²) in [6.45, 7) is 2.95. The predicted octanol–water partition coefficient (Wildman–Crippen LogP) is 1.17. The second-order valence-electron chi connectivity index (χ2n) is 8.96. The van der Waals surface area contributed by atoms with Crippen LogP contribution in [0.25, 0.3) is 0 Å². The van der Waals surface area contributed by atoms with Crippen molar-refractivity contribution in [2.75, 3.05) is 18.5 Å². The summed E-state index contributed by atoms with van der Waals surface area (Å²) in [6.07, 6.45) is 2.48. The van der Waals surface area contributed by atoms with Crippen LogP contribution in [0.15, 0.2) is 30.0 Å². The standard InChI is InChI=1S/C22H26N6O6S2/c1-12-4-17-21(33-3-2-28(17)27-12)14-6-19(35-10-14)20(30)16-8-24-11-25-22(16)26-15-5-13(18(29)7-15)9-34-36(23,31)32/h4,6,8,10-11,13,15,18,21,29H,2-3,5,7,9H2,1H3,(H2,23,31,32)(H,24,25,26)/t13-,15-,18+,21+/m1/s1. The molecule has 0 bridgehead atoms. The molecule has 12 nitrogen and oxygen atoms in total. The van der Waals surface area contributed by atoms with E-state index in [-0.39, 0.29) is 24.5 Å². The molecule has 0 aromatic carbocycles.